The molecular weight excluding hydrogens is 229 g/mol. The van der Waals surface area contributed by atoms with Gasteiger partial charge in [-0.1, -0.05) is 26.8 Å². The lowest BCUT2D eigenvalue weighted by molar-refractivity contribution is 0.599. The highest BCUT2D eigenvalue weighted by Crippen LogP contribution is 2.23. The standard InChI is InChI=1S/C14H18FN3/c1-4-7-18-9-16-14(17-18)12-6-5-11(10(2)3)8-13(12)15/h5-6,8-10H,4,7H2,1-3H3. The highest BCUT2D eigenvalue weighted by atomic mass is 19.1. The molecule has 4 heteroatoms. The van der Waals surface area contributed by atoms with Crippen LogP contribution in [0.1, 0.15) is 38.7 Å². The van der Waals surface area contributed by atoms with Gasteiger partial charge in [0.1, 0.15) is 12.1 Å². The number of hydrogen-bond acceptors (Lipinski definition) is 2. The van der Waals surface area contributed by atoms with Crippen molar-refractivity contribution in [3.05, 3.63) is 35.9 Å². The number of rotatable bonds is 4. The summed E-state index contributed by atoms with van der Waals surface area (Å²) in [6, 6.07) is 5.26. The van der Waals surface area contributed by atoms with Gasteiger partial charge in [-0.3, -0.25) is 4.68 Å². The Morgan fingerprint density at radius 2 is 2.11 bits per heavy atom. The molecule has 2 aromatic rings. The minimum absolute atomic E-state index is 0.254. The number of nitrogens with zero attached hydrogens (tertiary/aromatic N) is 3. The van der Waals surface area contributed by atoms with Gasteiger partial charge in [0, 0.05) is 6.54 Å². The van der Waals surface area contributed by atoms with Crippen LogP contribution in [-0.4, -0.2) is 14.8 Å². The van der Waals surface area contributed by atoms with Gasteiger partial charge < -0.3 is 0 Å². The molecule has 0 saturated carbocycles. The van der Waals surface area contributed by atoms with Gasteiger partial charge >= 0.3 is 0 Å². The zero-order valence-electron chi connectivity index (χ0n) is 11.0. The predicted octanol–water partition coefficient (Wildman–Crippen LogP) is 3.62. The van der Waals surface area contributed by atoms with Crippen LogP contribution in [0.15, 0.2) is 24.5 Å². The monoisotopic (exact) mass is 247 g/mol. The molecule has 0 unspecified atom stereocenters. The van der Waals surface area contributed by atoms with Gasteiger partial charge in [-0.05, 0) is 30.0 Å². The summed E-state index contributed by atoms with van der Waals surface area (Å²) in [5.41, 5.74) is 1.46. The quantitative estimate of drug-likeness (QED) is 0.826. The summed E-state index contributed by atoms with van der Waals surface area (Å²) in [6.45, 7) is 6.96. The van der Waals surface area contributed by atoms with Crippen molar-refractivity contribution >= 4 is 0 Å². The third kappa shape index (κ3) is 2.58. The molecule has 0 aliphatic heterocycles. The highest BCUT2D eigenvalue weighted by molar-refractivity contribution is 5.56. The van der Waals surface area contributed by atoms with Gasteiger partial charge in [-0.25, -0.2) is 9.37 Å². The second kappa shape index (κ2) is 5.29. The zero-order valence-corrected chi connectivity index (χ0v) is 11.0. The van der Waals surface area contributed by atoms with Gasteiger partial charge in [0.2, 0.25) is 0 Å². The Kier molecular flexibility index (Phi) is 3.75. The van der Waals surface area contributed by atoms with Crippen LogP contribution in [0.5, 0.6) is 0 Å². The maximum absolute atomic E-state index is 14.0. The Bertz CT molecular complexity index is 532. The van der Waals surface area contributed by atoms with Crippen LogP contribution in [0.3, 0.4) is 0 Å². The van der Waals surface area contributed by atoms with E-state index in [2.05, 4.69) is 17.0 Å². The molecule has 3 nitrogen and oxygen atoms in total. The van der Waals surface area contributed by atoms with Gasteiger partial charge in [0.05, 0.1) is 5.56 Å². The summed E-state index contributed by atoms with van der Waals surface area (Å²) in [5.74, 6) is 0.519. The van der Waals surface area contributed by atoms with E-state index in [1.165, 1.54) is 0 Å². The third-order valence-electron chi connectivity index (χ3n) is 2.89. The Hall–Kier alpha value is -1.71. The number of hydrogen-bond donors (Lipinski definition) is 0. The Balaban J connectivity index is 2.32. The molecule has 96 valence electrons. The molecule has 0 amide bonds. The fourth-order valence-electron chi connectivity index (χ4n) is 1.83. The van der Waals surface area contributed by atoms with E-state index in [1.807, 2.05) is 19.9 Å². The molecule has 1 aromatic carbocycles. The molecule has 2 rings (SSSR count). The van der Waals surface area contributed by atoms with E-state index >= 15 is 0 Å². The number of halogens is 1. The summed E-state index contributed by atoms with van der Waals surface area (Å²) >= 11 is 0. The maximum Gasteiger partial charge on any atom is 0.184 e. The van der Waals surface area contributed by atoms with E-state index in [9.17, 15) is 4.39 Å². The summed E-state index contributed by atoms with van der Waals surface area (Å²) in [7, 11) is 0. The molecular formula is C14H18FN3. The largest absolute Gasteiger partial charge is 0.252 e. The molecule has 18 heavy (non-hydrogen) atoms. The molecule has 0 spiro atoms. The smallest absolute Gasteiger partial charge is 0.184 e. The van der Waals surface area contributed by atoms with E-state index in [1.54, 1.807) is 23.1 Å². The first-order valence-corrected chi connectivity index (χ1v) is 6.31. The van der Waals surface area contributed by atoms with Crippen molar-refractivity contribution in [1.29, 1.82) is 0 Å². The molecule has 0 fully saturated rings. The van der Waals surface area contributed by atoms with Crippen molar-refractivity contribution in [3.8, 4) is 11.4 Å². The van der Waals surface area contributed by atoms with Gasteiger partial charge in [-0.2, -0.15) is 5.10 Å². The summed E-state index contributed by atoms with van der Waals surface area (Å²) in [5, 5.41) is 4.27. The van der Waals surface area contributed by atoms with E-state index < -0.39 is 0 Å². The van der Waals surface area contributed by atoms with Crippen molar-refractivity contribution in [2.45, 2.75) is 39.7 Å². The molecule has 0 N–H and O–H groups in total. The first-order valence-electron chi connectivity index (χ1n) is 6.31. The fraction of sp³-hybridized carbons (Fsp3) is 0.429. The predicted molar refractivity (Wildman–Crippen MR) is 69.8 cm³/mol. The average molecular weight is 247 g/mol. The molecule has 0 saturated heterocycles. The Labute approximate surface area is 107 Å². The molecule has 1 heterocycles. The maximum atomic E-state index is 14.0. The zero-order chi connectivity index (χ0) is 13.1. The highest BCUT2D eigenvalue weighted by Gasteiger charge is 2.11. The first kappa shape index (κ1) is 12.7. The van der Waals surface area contributed by atoms with Crippen LogP contribution in [0.25, 0.3) is 11.4 Å². The number of aromatic nitrogens is 3. The summed E-state index contributed by atoms with van der Waals surface area (Å²) in [4.78, 5) is 4.15. The van der Waals surface area contributed by atoms with E-state index in [0.29, 0.717) is 17.3 Å². The van der Waals surface area contributed by atoms with Crippen LogP contribution in [0, 0.1) is 5.82 Å². The lowest BCUT2D eigenvalue weighted by atomic mass is 10.0. The van der Waals surface area contributed by atoms with Gasteiger partial charge in [0.15, 0.2) is 5.82 Å². The van der Waals surface area contributed by atoms with Gasteiger partial charge in [0.25, 0.3) is 0 Å². The second-order valence-electron chi connectivity index (χ2n) is 4.73. The van der Waals surface area contributed by atoms with Crippen LogP contribution in [-0.2, 0) is 6.54 Å². The second-order valence-corrected chi connectivity index (χ2v) is 4.73. The lowest BCUT2D eigenvalue weighted by Gasteiger charge is -2.06. The number of aryl methyl sites for hydroxylation is 1. The van der Waals surface area contributed by atoms with Crippen molar-refractivity contribution < 1.29 is 4.39 Å². The molecule has 0 bridgehead atoms. The summed E-state index contributed by atoms with van der Waals surface area (Å²) in [6.07, 6.45) is 2.63. The fourth-order valence-corrected chi connectivity index (χ4v) is 1.83. The first-order chi connectivity index (χ1) is 8.61. The van der Waals surface area contributed by atoms with Crippen molar-refractivity contribution in [3.63, 3.8) is 0 Å². The van der Waals surface area contributed by atoms with Crippen molar-refractivity contribution in [2.24, 2.45) is 0 Å². The van der Waals surface area contributed by atoms with Crippen LogP contribution < -0.4 is 0 Å². The number of benzene rings is 1. The van der Waals surface area contributed by atoms with Crippen LogP contribution in [0.4, 0.5) is 4.39 Å². The molecule has 0 aliphatic carbocycles. The van der Waals surface area contributed by atoms with E-state index in [4.69, 9.17) is 0 Å². The SMILES string of the molecule is CCCn1cnc(-c2ccc(C(C)C)cc2F)n1. The minimum atomic E-state index is -0.254. The molecule has 0 atom stereocenters. The average Bonchev–Trinajstić information content (AvgIpc) is 2.77. The molecule has 0 radical (unpaired) electrons. The van der Waals surface area contributed by atoms with E-state index in [-0.39, 0.29) is 5.82 Å². The van der Waals surface area contributed by atoms with Crippen molar-refractivity contribution in [2.75, 3.05) is 0 Å². The van der Waals surface area contributed by atoms with Crippen molar-refractivity contribution in [1.82, 2.24) is 14.8 Å². The van der Waals surface area contributed by atoms with Crippen LogP contribution >= 0.6 is 0 Å². The normalized spacial score (nSPS) is 11.2. The minimum Gasteiger partial charge on any atom is -0.252 e. The Morgan fingerprint density at radius 3 is 2.72 bits per heavy atom. The summed E-state index contributed by atoms with van der Waals surface area (Å²) < 4.78 is 15.7. The lowest BCUT2D eigenvalue weighted by Crippen LogP contribution is -1.97. The topological polar surface area (TPSA) is 30.7 Å². The third-order valence-corrected chi connectivity index (χ3v) is 2.89. The Morgan fingerprint density at radius 1 is 1.33 bits per heavy atom. The van der Waals surface area contributed by atoms with E-state index in [0.717, 1.165) is 18.5 Å². The van der Waals surface area contributed by atoms with Gasteiger partial charge in [-0.15, -0.1) is 0 Å². The molecule has 0 aliphatic rings. The molecule has 1 aromatic heterocycles. The van der Waals surface area contributed by atoms with Crippen LogP contribution in [0.2, 0.25) is 0 Å².